The largest absolute Gasteiger partial charge is 0.345 e. The molecular formula is C9H14N6. The summed E-state index contributed by atoms with van der Waals surface area (Å²) in [5, 5.41) is 9.90. The number of aromatic nitrogens is 5. The summed E-state index contributed by atoms with van der Waals surface area (Å²) in [5.41, 5.74) is 1.10. The molecule has 6 nitrogen and oxygen atoms in total. The first kappa shape index (κ1) is 9.85. The first-order valence-corrected chi connectivity index (χ1v) is 4.90. The lowest BCUT2D eigenvalue weighted by Gasteiger charge is -2.00. The van der Waals surface area contributed by atoms with Gasteiger partial charge in [-0.05, 0) is 6.92 Å². The SMILES string of the molecule is Cc1ncc(CNCCc2ncn[nH]2)[nH]1. The molecule has 6 heteroatoms. The van der Waals surface area contributed by atoms with Crippen molar-refractivity contribution in [2.45, 2.75) is 19.9 Å². The Morgan fingerprint density at radius 1 is 1.40 bits per heavy atom. The number of hydrogen-bond acceptors (Lipinski definition) is 4. The van der Waals surface area contributed by atoms with Crippen LogP contribution in [0.3, 0.4) is 0 Å². The van der Waals surface area contributed by atoms with Gasteiger partial charge in [0.15, 0.2) is 0 Å². The van der Waals surface area contributed by atoms with E-state index in [1.807, 2.05) is 13.1 Å². The number of rotatable bonds is 5. The summed E-state index contributed by atoms with van der Waals surface area (Å²) in [5.74, 6) is 1.85. The Labute approximate surface area is 87.5 Å². The molecule has 0 spiro atoms. The van der Waals surface area contributed by atoms with Gasteiger partial charge in [0.05, 0.1) is 0 Å². The Bertz CT molecular complexity index is 390. The molecule has 0 aliphatic heterocycles. The summed E-state index contributed by atoms with van der Waals surface area (Å²) in [6.07, 6.45) is 4.22. The van der Waals surface area contributed by atoms with Gasteiger partial charge in [0.1, 0.15) is 18.0 Å². The molecule has 2 aromatic heterocycles. The van der Waals surface area contributed by atoms with Crippen LogP contribution < -0.4 is 5.32 Å². The summed E-state index contributed by atoms with van der Waals surface area (Å²) in [4.78, 5) is 11.3. The van der Waals surface area contributed by atoms with Gasteiger partial charge in [-0.3, -0.25) is 5.10 Å². The average Bonchev–Trinajstić information content (AvgIpc) is 2.84. The minimum Gasteiger partial charge on any atom is -0.345 e. The molecule has 0 saturated carbocycles. The predicted octanol–water partition coefficient (Wildman–Crippen LogP) is 0.169. The molecule has 2 aromatic rings. The van der Waals surface area contributed by atoms with E-state index in [0.29, 0.717) is 0 Å². The van der Waals surface area contributed by atoms with Crippen molar-refractivity contribution in [2.24, 2.45) is 0 Å². The number of imidazole rings is 1. The van der Waals surface area contributed by atoms with Gasteiger partial charge in [0.25, 0.3) is 0 Å². The summed E-state index contributed by atoms with van der Waals surface area (Å²) >= 11 is 0. The second kappa shape index (κ2) is 4.70. The molecule has 0 amide bonds. The third-order valence-corrected chi connectivity index (χ3v) is 2.07. The molecule has 3 N–H and O–H groups in total. The van der Waals surface area contributed by atoms with Gasteiger partial charge in [-0.2, -0.15) is 5.10 Å². The fourth-order valence-electron chi connectivity index (χ4n) is 1.34. The van der Waals surface area contributed by atoms with Crippen molar-refractivity contribution >= 4 is 0 Å². The molecular weight excluding hydrogens is 192 g/mol. The van der Waals surface area contributed by atoms with Crippen molar-refractivity contribution in [3.05, 3.63) is 29.9 Å². The van der Waals surface area contributed by atoms with Crippen molar-refractivity contribution in [2.75, 3.05) is 6.54 Å². The molecule has 0 aliphatic carbocycles. The highest BCUT2D eigenvalue weighted by atomic mass is 15.2. The molecule has 0 unspecified atom stereocenters. The lowest BCUT2D eigenvalue weighted by Crippen LogP contribution is -2.17. The number of aryl methyl sites for hydroxylation is 1. The van der Waals surface area contributed by atoms with Crippen LogP contribution in [-0.2, 0) is 13.0 Å². The zero-order valence-electron chi connectivity index (χ0n) is 8.62. The molecule has 2 heterocycles. The highest BCUT2D eigenvalue weighted by Crippen LogP contribution is 1.94. The first-order chi connectivity index (χ1) is 7.34. The quantitative estimate of drug-likeness (QED) is 0.609. The summed E-state index contributed by atoms with van der Waals surface area (Å²) in [7, 11) is 0. The Hall–Kier alpha value is -1.69. The van der Waals surface area contributed by atoms with E-state index < -0.39 is 0 Å². The van der Waals surface area contributed by atoms with Crippen LogP contribution >= 0.6 is 0 Å². The second-order valence-electron chi connectivity index (χ2n) is 3.35. The predicted molar refractivity (Wildman–Crippen MR) is 55.1 cm³/mol. The molecule has 80 valence electrons. The van der Waals surface area contributed by atoms with E-state index in [9.17, 15) is 0 Å². The Morgan fingerprint density at radius 2 is 2.33 bits per heavy atom. The number of nitrogens with zero attached hydrogens (tertiary/aromatic N) is 3. The van der Waals surface area contributed by atoms with Crippen molar-refractivity contribution in [3.63, 3.8) is 0 Å². The Morgan fingerprint density at radius 3 is 3.00 bits per heavy atom. The minimum atomic E-state index is 0.801. The van der Waals surface area contributed by atoms with Crippen LogP contribution in [0.25, 0.3) is 0 Å². The van der Waals surface area contributed by atoms with Crippen LogP contribution in [0.1, 0.15) is 17.3 Å². The van der Waals surface area contributed by atoms with Crippen molar-refractivity contribution in [1.82, 2.24) is 30.5 Å². The summed E-state index contributed by atoms with van der Waals surface area (Å²) in [6.45, 7) is 3.61. The molecule has 0 fully saturated rings. The highest BCUT2D eigenvalue weighted by molar-refractivity contribution is 4.99. The zero-order valence-corrected chi connectivity index (χ0v) is 8.62. The maximum absolute atomic E-state index is 4.12. The molecule has 0 aliphatic rings. The van der Waals surface area contributed by atoms with Crippen LogP contribution in [0, 0.1) is 6.92 Å². The van der Waals surface area contributed by atoms with E-state index >= 15 is 0 Å². The maximum Gasteiger partial charge on any atom is 0.137 e. The molecule has 2 rings (SSSR count). The molecule has 15 heavy (non-hydrogen) atoms. The van der Waals surface area contributed by atoms with Gasteiger partial charge in [-0.1, -0.05) is 0 Å². The van der Waals surface area contributed by atoms with E-state index in [1.165, 1.54) is 6.33 Å². The number of aromatic amines is 2. The van der Waals surface area contributed by atoms with Crippen molar-refractivity contribution in [1.29, 1.82) is 0 Å². The highest BCUT2D eigenvalue weighted by Gasteiger charge is 1.97. The zero-order chi connectivity index (χ0) is 10.5. The van der Waals surface area contributed by atoms with E-state index in [-0.39, 0.29) is 0 Å². The van der Waals surface area contributed by atoms with E-state index in [2.05, 4.69) is 30.5 Å². The van der Waals surface area contributed by atoms with Gasteiger partial charge in [-0.25, -0.2) is 9.97 Å². The fraction of sp³-hybridized carbons (Fsp3) is 0.444. The minimum absolute atomic E-state index is 0.801. The van der Waals surface area contributed by atoms with Crippen LogP contribution in [0.15, 0.2) is 12.5 Å². The van der Waals surface area contributed by atoms with Crippen LogP contribution in [-0.4, -0.2) is 31.7 Å². The lowest BCUT2D eigenvalue weighted by molar-refractivity contribution is 0.662. The monoisotopic (exact) mass is 206 g/mol. The van der Waals surface area contributed by atoms with E-state index in [4.69, 9.17) is 0 Å². The van der Waals surface area contributed by atoms with Gasteiger partial charge in [-0.15, -0.1) is 0 Å². The Balaban J connectivity index is 1.67. The third-order valence-electron chi connectivity index (χ3n) is 2.07. The van der Waals surface area contributed by atoms with Gasteiger partial charge in [0, 0.05) is 31.4 Å². The second-order valence-corrected chi connectivity index (χ2v) is 3.35. The van der Waals surface area contributed by atoms with E-state index in [1.54, 1.807) is 0 Å². The molecule has 0 atom stereocenters. The Kier molecular flexibility index (Phi) is 3.08. The molecule has 0 saturated heterocycles. The number of hydrogen-bond donors (Lipinski definition) is 3. The topological polar surface area (TPSA) is 82.3 Å². The molecule has 0 radical (unpaired) electrons. The van der Waals surface area contributed by atoms with Gasteiger partial charge in [0.2, 0.25) is 0 Å². The number of H-pyrrole nitrogens is 2. The van der Waals surface area contributed by atoms with Crippen LogP contribution in [0.4, 0.5) is 0 Å². The third kappa shape index (κ3) is 2.88. The normalized spacial score (nSPS) is 10.7. The average molecular weight is 206 g/mol. The lowest BCUT2D eigenvalue weighted by atomic mass is 10.4. The van der Waals surface area contributed by atoms with Gasteiger partial charge < -0.3 is 10.3 Å². The van der Waals surface area contributed by atoms with Crippen molar-refractivity contribution in [3.8, 4) is 0 Å². The molecule has 0 aromatic carbocycles. The smallest absolute Gasteiger partial charge is 0.137 e. The van der Waals surface area contributed by atoms with Gasteiger partial charge >= 0.3 is 0 Å². The van der Waals surface area contributed by atoms with Crippen LogP contribution in [0.5, 0.6) is 0 Å². The summed E-state index contributed by atoms with van der Waals surface area (Å²) in [6, 6.07) is 0. The van der Waals surface area contributed by atoms with Crippen molar-refractivity contribution < 1.29 is 0 Å². The van der Waals surface area contributed by atoms with E-state index in [0.717, 1.165) is 36.9 Å². The standard InChI is InChI=1S/C9H14N6/c1-7-11-5-8(14-7)4-10-3-2-9-12-6-13-15-9/h5-6,10H,2-4H2,1H3,(H,11,14)(H,12,13,15). The fourth-order valence-corrected chi connectivity index (χ4v) is 1.34. The maximum atomic E-state index is 4.12. The van der Waals surface area contributed by atoms with Crippen LogP contribution in [0.2, 0.25) is 0 Å². The first-order valence-electron chi connectivity index (χ1n) is 4.90. The molecule has 0 bridgehead atoms. The number of nitrogens with one attached hydrogen (secondary N) is 3. The summed E-state index contributed by atoms with van der Waals surface area (Å²) < 4.78 is 0.